The van der Waals surface area contributed by atoms with Crippen molar-refractivity contribution in [2.45, 2.75) is 33.2 Å². The fourth-order valence-corrected chi connectivity index (χ4v) is 2.67. The molecule has 0 aliphatic rings. The Kier molecular flexibility index (Phi) is 5.34. The van der Waals surface area contributed by atoms with Crippen molar-refractivity contribution in [1.29, 1.82) is 0 Å². The van der Waals surface area contributed by atoms with E-state index in [1.54, 1.807) is 6.92 Å². The maximum atomic E-state index is 11.7. The molecule has 0 fully saturated rings. The van der Waals surface area contributed by atoms with Crippen LogP contribution in [-0.4, -0.2) is 29.5 Å². The van der Waals surface area contributed by atoms with Crippen LogP contribution in [-0.2, 0) is 22.8 Å². The second kappa shape index (κ2) is 6.33. The van der Waals surface area contributed by atoms with Crippen molar-refractivity contribution in [3.63, 3.8) is 0 Å². The minimum atomic E-state index is -2.99. The van der Waals surface area contributed by atoms with Crippen molar-refractivity contribution < 1.29 is 8.42 Å². The van der Waals surface area contributed by atoms with Gasteiger partial charge in [-0.2, -0.15) is 0 Å². The Balaban J connectivity index is 2.83. The van der Waals surface area contributed by atoms with Gasteiger partial charge in [0.2, 0.25) is 0 Å². The maximum absolute atomic E-state index is 11.7. The molecule has 0 bridgehead atoms. The predicted molar refractivity (Wildman–Crippen MR) is 71.8 cm³/mol. The van der Waals surface area contributed by atoms with Gasteiger partial charge >= 0.3 is 0 Å². The molecule has 0 radical (unpaired) electrons. The van der Waals surface area contributed by atoms with Gasteiger partial charge in [0.25, 0.3) is 5.56 Å². The van der Waals surface area contributed by atoms with Crippen LogP contribution in [0.4, 0.5) is 0 Å². The summed E-state index contributed by atoms with van der Waals surface area (Å²) in [4.78, 5) is 15.8. The minimum Gasteiger partial charge on any atom is -0.297 e. The summed E-state index contributed by atoms with van der Waals surface area (Å²) in [5.41, 5.74) is -0.235. The third-order valence-electron chi connectivity index (χ3n) is 2.65. The normalized spacial score (nSPS) is 11.7. The van der Waals surface area contributed by atoms with Gasteiger partial charge in [-0.15, -0.1) is 0 Å². The molecule has 5 nitrogen and oxygen atoms in total. The highest BCUT2D eigenvalue weighted by Gasteiger charge is 2.10. The average molecular weight is 293 g/mol. The molecule has 1 heterocycles. The second-order valence-corrected chi connectivity index (χ2v) is 6.79. The van der Waals surface area contributed by atoms with E-state index in [-0.39, 0.29) is 22.2 Å². The lowest BCUT2D eigenvalue weighted by molar-refractivity contribution is 0.574. The maximum Gasteiger partial charge on any atom is 0.254 e. The molecule has 0 spiro atoms. The van der Waals surface area contributed by atoms with E-state index in [1.807, 2.05) is 6.92 Å². The first-order chi connectivity index (χ1) is 8.39. The van der Waals surface area contributed by atoms with Gasteiger partial charge in [0, 0.05) is 24.8 Å². The Bertz CT molecular complexity index is 566. The zero-order valence-corrected chi connectivity index (χ0v) is 12.1. The fraction of sp³-hybridized carbons (Fsp3) is 0.636. The lowest BCUT2D eigenvalue weighted by atomic mass is 10.4. The molecule has 0 N–H and O–H groups in total. The Morgan fingerprint density at radius 2 is 2.06 bits per heavy atom. The molecule has 0 unspecified atom stereocenters. The van der Waals surface area contributed by atoms with Gasteiger partial charge in [-0.3, -0.25) is 9.36 Å². The Labute approximate surface area is 112 Å². The molecule has 0 aliphatic heterocycles. The van der Waals surface area contributed by atoms with Crippen molar-refractivity contribution >= 4 is 21.4 Å². The predicted octanol–water partition coefficient (Wildman–Crippen LogP) is 1.28. The van der Waals surface area contributed by atoms with Crippen molar-refractivity contribution in [2.24, 2.45) is 0 Å². The third kappa shape index (κ3) is 4.10. The van der Waals surface area contributed by atoms with Crippen LogP contribution < -0.4 is 5.56 Å². The molecule has 18 heavy (non-hydrogen) atoms. The first-order valence-corrected chi connectivity index (χ1v) is 8.06. The van der Waals surface area contributed by atoms with E-state index in [1.165, 1.54) is 10.6 Å². The Hall–Kier alpha value is -0.880. The van der Waals surface area contributed by atoms with Gasteiger partial charge in [0.15, 0.2) is 0 Å². The first kappa shape index (κ1) is 15.2. The van der Waals surface area contributed by atoms with E-state index < -0.39 is 9.84 Å². The first-order valence-electron chi connectivity index (χ1n) is 5.86. The number of aromatic nitrogens is 2. The van der Waals surface area contributed by atoms with Crippen LogP contribution in [0.1, 0.15) is 26.1 Å². The molecule has 102 valence electrons. The van der Waals surface area contributed by atoms with Gasteiger partial charge in [-0.25, -0.2) is 13.4 Å². The summed E-state index contributed by atoms with van der Waals surface area (Å²) in [6.07, 6.45) is 0.989. The summed E-state index contributed by atoms with van der Waals surface area (Å²) in [6.45, 7) is 3.84. The van der Waals surface area contributed by atoms with Gasteiger partial charge in [0.05, 0.1) is 5.75 Å². The van der Waals surface area contributed by atoms with E-state index in [9.17, 15) is 13.2 Å². The largest absolute Gasteiger partial charge is 0.297 e. The molecule has 0 saturated heterocycles. The molecule has 7 heteroatoms. The summed E-state index contributed by atoms with van der Waals surface area (Å²) in [5, 5.41) is 0.175. The fourth-order valence-electron chi connectivity index (χ4n) is 1.62. The van der Waals surface area contributed by atoms with Crippen molar-refractivity contribution in [2.75, 3.05) is 11.5 Å². The minimum absolute atomic E-state index is 0.0850. The van der Waals surface area contributed by atoms with Crippen LogP contribution in [0.25, 0.3) is 0 Å². The van der Waals surface area contributed by atoms with Gasteiger partial charge < -0.3 is 0 Å². The summed E-state index contributed by atoms with van der Waals surface area (Å²) >= 11 is 5.71. The molecular weight excluding hydrogens is 276 g/mol. The van der Waals surface area contributed by atoms with Crippen molar-refractivity contribution in [1.82, 2.24) is 9.55 Å². The monoisotopic (exact) mass is 292 g/mol. The molecule has 0 aliphatic carbocycles. The molecule has 1 aromatic heterocycles. The van der Waals surface area contributed by atoms with Gasteiger partial charge in [-0.1, -0.05) is 25.4 Å². The summed E-state index contributed by atoms with van der Waals surface area (Å²) in [6, 6.07) is 1.25. The standard InChI is InChI=1S/C11H17ClN2O3S/c1-3-10-13-9(12)8-11(15)14(10)6-5-7-18(16,17)4-2/h8H,3-7H2,1-2H3. The quantitative estimate of drug-likeness (QED) is 0.741. The molecule has 1 rings (SSSR count). The number of halogens is 1. The van der Waals surface area contributed by atoms with Crippen LogP contribution >= 0.6 is 11.6 Å². The zero-order valence-electron chi connectivity index (χ0n) is 10.5. The molecule has 0 atom stereocenters. The number of hydrogen-bond acceptors (Lipinski definition) is 4. The van der Waals surface area contributed by atoms with E-state index in [0.29, 0.717) is 25.2 Å². The summed E-state index contributed by atoms with van der Waals surface area (Å²) in [7, 11) is -2.99. The number of rotatable bonds is 6. The van der Waals surface area contributed by atoms with Gasteiger partial charge in [0.1, 0.15) is 20.8 Å². The number of sulfone groups is 1. The molecule has 0 aromatic carbocycles. The van der Waals surface area contributed by atoms with E-state index >= 15 is 0 Å². The van der Waals surface area contributed by atoms with Crippen molar-refractivity contribution in [3.05, 3.63) is 27.4 Å². The van der Waals surface area contributed by atoms with Crippen LogP contribution in [0.3, 0.4) is 0 Å². The number of hydrogen-bond donors (Lipinski definition) is 0. The number of nitrogens with zero attached hydrogens (tertiary/aromatic N) is 2. The van der Waals surface area contributed by atoms with Gasteiger partial charge in [-0.05, 0) is 6.42 Å². The smallest absolute Gasteiger partial charge is 0.254 e. The van der Waals surface area contributed by atoms with E-state index in [4.69, 9.17) is 11.6 Å². The van der Waals surface area contributed by atoms with E-state index in [0.717, 1.165) is 0 Å². The molecular formula is C11H17ClN2O3S. The topological polar surface area (TPSA) is 69.0 Å². The highest BCUT2D eigenvalue weighted by Crippen LogP contribution is 2.04. The van der Waals surface area contributed by atoms with Crippen LogP contribution in [0.15, 0.2) is 10.9 Å². The van der Waals surface area contributed by atoms with Crippen LogP contribution in [0.5, 0.6) is 0 Å². The zero-order chi connectivity index (χ0) is 13.8. The summed E-state index contributed by atoms with van der Waals surface area (Å²) < 4.78 is 24.2. The Morgan fingerprint density at radius 3 is 2.61 bits per heavy atom. The average Bonchev–Trinajstić information content (AvgIpc) is 2.31. The molecule has 1 aromatic rings. The van der Waals surface area contributed by atoms with Crippen LogP contribution in [0.2, 0.25) is 5.15 Å². The lowest BCUT2D eigenvalue weighted by Gasteiger charge is -2.10. The summed E-state index contributed by atoms with van der Waals surface area (Å²) in [5.74, 6) is 0.796. The van der Waals surface area contributed by atoms with Crippen LogP contribution in [0, 0.1) is 0 Å². The van der Waals surface area contributed by atoms with Crippen molar-refractivity contribution in [3.8, 4) is 0 Å². The highest BCUT2D eigenvalue weighted by atomic mass is 35.5. The lowest BCUT2D eigenvalue weighted by Crippen LogP contribution is -2.25. The van der Waals surface area contributed by atoms with E-state index in [2.05, 4.69) is 4.98 Å². The highest BCUT2D eigenvalue weighted by molar-refractivity contribution is 7.91. The number of aryl methyl sites for hydroxylation is 1. The third-order valence-corrected chi connectivity index (χ3v) is 4.63. The molecule has 0 amide bonds. The Morgan fingerprint density at radius 1 is 1.39 bits per heavy atom. The second-order valence-electron chi connectivity index (χ2n) is 3.93. The molecule has 0 saturated carbocycles. The SMILES string of the molecule is CCc1nc(Cl)cc(=O)n1CCCS(=O)(=O)CC.